The lowest BCUT2D eigenvalue weighted by Gasteiger charge is -2.45. The molecule has 7 heteroatoms. The molecule has 0 radical (unpaired) electrons. The van der Waals surface area contributed by atoms with Crippen LogP contribution in [0.5, 0.6) is 0 Å². The fourth-order valence-corrected chi connectivity index (χ4v) is 5.20. The molecule has 1 atom stereocenters. The Bertz CT molecular complexity index is 923. The Balaban J connectivity index is 1.60. The highest BCUT2D eigenvalue weighted by atomic mass is 16.3. The third-order valence-electron chi connectivity index (χ3n) is 7.23. The largest absolute Gasteiger partial charge is 0.463 e. The Morgan fingerprint density at radius 1 is 1.26 bits per heavy atom. The van der Waals surface area contributed by atoms with Gasteiger partial charge < -0.3 is 24.1 Å². The van der Waals surface area contributed by atoms with Gasteiger partial charge in [0, 0.05) is 24.7 Å². The maximum atomic E-state index is 13.6. The van der Waals surface area contributed by atoms with E-state index < -0.39 is 5.54 Å². The first-order valence-corrected chi connectivity index (χ1v) is 11.9. The molecular formula is C24H36N4O3. The number of nitrogens with zero attached hydrogens (tertiary/aromatic N) is 3. The van der Waals surface area contributed by atoms with Gasteiger partial charge in [0.15, 0.2) is 5.58 Å². The SMILES string of the molecule is CCN(CC)CCCN1C(=O)c2cc3occc3n2CC1(C)C(=O)NC1CCCCC1. The summed E-state index contributed by atoms with van der Waals surface area (Å²) in [7, 11) is 0. The fraction of sp³-hybridized carbons (Fsp3) is 0.667. The van der Waals surface area contributed by atoms with Crippen LogP contribution in [0.2, 0.25) is 0 Å². The maximum Gasteiger partial charge on any atom is 0.271 e. The van der Waals surface area contributed by atoms with E-state index in [0.29, 0.717) is 24.4 Å². The van der Waals surface area contributed by atoms with Gasteiger partial charge >= 0.3 is 0 Å². The Morgan fingerprint density at radius 3 is 2.71 bits per heavy atom. The first-order valence-electron chi connectivity index (χ1n) is 11.9. The Morgan fingerprint density at radius 2 is 2.00 bits per heavy atom. The molecule has 2 amide bonds. The summed E-state index contributed by atoms with van der Waals surface area (Å²) in [6, 6.07) is 3.90. The number of carbonyl (C=O) groups excluding carboxylic acids is 2. The van der Waals surface area contributed by atoms with Crippen molar-refractivity contribution in [3.8, 4) is 0 Å². The summed E-state index contributed by atoms with van der Waals surface area (Å²) in [5.74, 6) is -0.120. The Kier molecular flexibility index (Phi) is 6.42. The van der Waals surface area contributed by atoms with Gasteiger partial charge in [0.2, 0.25) is 5.91 Å². The van der Waals surface area contributed by atoms with Crippen molar-refractivity contribution in [3.05, 3.63) is 24.1 Å². The van der Waals surface area contributed by atoms with Crippen molar-refractivity contribution in [2.75, 3.05) is 26.2 Å². The predicted octanol–water partition coefficient (Wildman–Crippen LogP) is 3.63. The molecule has 4 rings (SSSR count). The van der Waals surface area contributed by atoms with Crippen LogP contribution in [0.1, 0.15) is 69.8 Å². The third-order valence-corrected chi connectivity index (χ3v) is 7.23. The normalized spacial score (nSPS) is 22.3. The van der Waals surface area contributed by atoms with Crippen LogP contribution in [0.25, 0.3) is 11.1 Å². The molecule has 2 aliphatic rings. The van der Waals surface area contributed by atoms with Gasteiger partial charge in [-0.25, -0.2) is 0 Å². The molecule has 0 bridgehead atoms. The van der Waals surface area contributed by atoms with Crippen LogP contribution in [-0.2, 0) is 11.3 Å². The molecule has 1 unspecified atom stereocenters. The Hall–Kier alpha value is -2.28. The zero-order valence-electron chi connectivity index (χ0n) is 19.2. The van der Waals surface area contributed by atoms with E-state index >= 15 is 0 Å². The molecule has 2 aromatic heterocycles. The molecule has 1 aliphatic heterocycles. The molecule has 0 spiro atoms. The zero-order valence-corrected chi connectivity index (χ0v) is 19.2. The quantitative estimate of drug-likeness (QED) is 0.697. The number of furan rings is 1. The van der Waals surface area contributed by atoms with E-state index in [1.807, 2.05) is 28.5 Å². The Labute approximate surface area is 184 Å². The molecule has 7 nitrogen and oxygen atoms in total. The first kappa shape index (κ1) is 21.9. The van der Waals surface area contributed by atoms with Gasteiger partial charge in [-0.2, -0.15) is 0 Å². The van der Waals surface area contributed by atoms with Crippen molar-refractivity contribution in [1.82, 2.24) is 19.7 Å². The van der Waals surface area contributed by atoms with Gasteiger partial charge in [-0.05, 0) is 45.8 Å². The summed E-state index contributed by atoms with van der Waals surface area (Å²) in [5.41, 5.74) is 1.26. The highest BCUT2D eigenvalue weighted by molar-refractivity contribution is 6.02. The van der Waals surface area contributed by atoms with Crippen LogP contribution >= 0.6 is 0 Å². The van der Waals surface area contributed by atoms with Gasteiger partial charge in [-0.3, -0.25) is 9.59 Å². The number of hydrogen-bond acceptors (Lipinski definition) is 4. The van der Waals surface area contributed by atoms with Crippen LogP contribution in [0.15, 0.2) is 22.8 Å². The van der Waals surface area contributed by atoms with Crippen molar-refractivity contribution in [3.63, 3.8) is 0 Å². The van der Waals surface area contributed by atoms with Crippen LogP contribution in [0.3, 0.4) is 0 Å². The van der Waals surface area contributed by atoms with Crippen LogP contribution < -0.4 is 5.32 Å². The number of amides is 2. The van der Waals surface area contributed by atoms with Crippen molar-refractivity contribution in [2.24, 2.45) is 0 Å². The fourth-order valence-electron chi connectivity index (χ4n) is 5.20. The number of carbonyl (C=O) groups is 2. The summed E-state index contributed by atoms with van der Waals surface area (Å²) in [4.78, 5) is 31.3. The molecule has 1 fully saturated rings. The second-order valence-corrected chi connectivity index (χ2v) is 9.21. The smallest absolute Gasteiger partial charge is 0.271 e. The van der Waals surface area contributed by atoms with Crippen LogP contribution in [0.4, 0.5) is 0 Å². The summed E-state index contributed by atoms with van der Waals surface area (Å²) in [5, 5.41) is 3.29. The third kappa shape index (κ3) is 4.12. The first-order chi connectivity index (χ1) is 15.0. The van der Waals surface area contributed by atoms with Gasteiger partial charge in [-0.1, -0.05) is 33.1 Å². The highest BCUT2D eigenvalue weighted by Crippen LogP contribution is 2.33. The standard InChI is InChI=1S/C24H36N4O3/c1-4-26(5-2)13-9-14-28-22(29)20-16-21-19(12-15-31-21)27(20)17-24(28,3)23(30)25-18-10-7-6-8-11-18/h12,15-16,18H,4-11,13-14,17H2,1-3H3,(H,25,30). The number of fused-ring (bicyclic) bond motifs is 3. The summed E-state index contributed by atoms with van der Waals surface area (Å²) in [6.07, 6.45) is 8.09. The second-order valence-electron chi connectivity index (χ2n) is 9.21. The zero-order chi connectivity index (χ0) is 22.0. The van der Waals surface area contributed by atoms with Gasteiger partial charge in [0.25, 0.3) is 5.91 Å². The molecule has 2 aromatic rings. The maximum absolute atomic E-state index is 13.6. The molecule has 0 saturated heterocycles. The second kappa shape index (κ2) is 9.07. The van der Waals surface area contributed by atoms with Crippen molar-refractivity contribution < 1.29 is 14.0 Å². The van der Waals surface area contributed by atoms with E-state index in [-0.39, 0.29) is 17.9 Å². The molecule has 31 heavy (non-hydrogen) atoms. The molecule has 3 heterocycles. The molecule has 170 valence electrons. The van der Waals surface area contributed by atoms with Gasteiger partial charge in [0.05, 0.1) is 18.3 Å². The van der Waals surface area contributed by atoms with E-state index in [0.717, 1.165) is 57.3 Å². The molecule has 1 aliphatic carbocycles. The summed E-state index contributed by atoms with van der Waals surface area (Å²) >= 11 is 0. The number of rotatable bonds is 8. The van der Waals surface area contributed by atoms with E-state index in [4.69, 9.17) is 4.42 Å². The average Bonchev–Trinajstić information content (AvgIpc) is 3.36. The highest BCUT2D eigenvalue weighted by Gasteiger charge is 2.48. The van der Waals surface area contributed by atoms with Crippen LogP contribution in [0, 0.1) is 0 Å². The van der Waals surface area contributed by atoms with E-state index in [9.17, 15) is 9.59 Å². The number of hydrogen-bond donors (Lipinski definition) is 1. The van der Waals surface area contributed by atoms with Crippen molar-refractivity contribution in [2.45, 2.75) is 77.4 Å². The van der Waals surface area contributed by atoms with E-state index in [2.05, 4.69) is 24.1 Å². The van der Waals surface area contributed by atoms with E-state index in [1.165, 1.54) is 6.42 Å². The minimum Gasteiger partial charge on any atom is -0.463 e. The van der Waals surface area contributed by atoms with Gasteiger partial charge in [0.1, 0.15) is 11.2 Å². The monoisotopic (exact) mass is 428 g/mol. The number of nitrogens with one attached hydrogen (secondary N) is 1. The number of aromatic nitrogens is 1. The molecule has 1 saturated carbocycles. The van der Waals surface area contributed by atoms with Crippen molar-refractivity contribution in [1.29, 1.82) is 0 Å². The topological polar surface area (TPSA) is 70.7 Å². The summed E-state index contributed by atoms with van der Waals surface area (Å²) < 4.78 is 7.51. The lowest BCUT2D eigenvalue weighted by atomic mass is 9.91. The predicted molar refractivity (Wildman–Crippen MR) is 121 cm³/mol. The molecule has 0 aromatic carbocycles. The average molecular weight is 429 g/mol. The molecule has 1 N–H and O–H groups in total. The molecular weight excluding hydrogens is 392 g/mol. The van der Waals surface area contributed by atoms with Crippen molar-refractivity contribution >= 4 is 22.9 Å². The summed E-state index contributed by atoms with van der Waals surface area (Å²) in [6.45, 7) is 10.1. The minimum atomic E-state index is -0.923. The lowest BCUT2D eigenvalue weighted by Crippen LogP contribution is -2.65. The van der Waals surface area contributed by atoms with Crippen LogP contribution in [-0.4, -0.2) is 63.9 Å². The lowest BCUT2D eigenvalue weighted by molar-refractivity contribution is -0.133. The van der Waals surface area contributed by atoms with E-state index in [1.54, 1.807) is 6.26 Å². The minimum absolute atomic E-state index is 0.0356. The van der Waals surface area contributed by atoms with Gasteiger partial charge in [-0.15, -0.1) is 0 Å².